The van der Waals surface area contributed by atoms with Crippen LogP contribution in [-0.2, 0) is 0 Å². The minimum Gasteiger partial charge on any atom is -0.504 e. The minimum absolute atomic E-state index is 0.616. The molecule has 2 nitrogen and oxygen atoms in total. The predicted molar refractivity (Wildman–Crippen MR) is 44.6 cm³/mol. The molecule has 0 bridgehead atoms. The molecule has 0 atom stereocenters. The maximum absolute atomic E-state index is 12.2. The van der Waals surface area contributed by atoms with Gasteiger partial charge in [0, 0.05) is 0 Å². The van der Waals surface area contributed by atoms with Gasteiger partial charge in [-0.3, -0.25) is 0 Å². The number of halogens is 5. The average molecular weight is 242 g/mol. The van der Waals surface area contributed by atoms with Gasteiger partial charge in [0.25, 0.3) is 6.43 Å². The van der Waals surface area contributed by atoms with Gasteiger partial charge in [-0.25, -0.2) is 8.78 Å². The van der Waals surface area contributed by atoms with Crippen molar-refractivity contribution in [2.75, 3.05) is 6.61 Å². The Bertz CT molecular complexity index is 361. The summed E-state index contributed by atoms with van der Waals surface area (Å²) in [6, 6.07) is 2.96. The normalized spacial score (nSPS) is 11.9. The van der Waals surface area contributed by atoms with Crippen LogP contribution in [0.4, 0.5) is 22.0 Å². The molecule has 0 aliphatic carbocycles. The van der Waals surface area contributed by atoms with Gasteiger partial charge in [0.2, 0.25) is 0 Å². The van der Waals surface area contributed by atoms with Crippen LogP contribution in [0.3, 0.4) is 0 Å². The van der Waals surface area contributed by atoms with Crippen LogP contribution in [0.5, 0.6) is 11.5 Å². The van der Waals surface area contributed by atoms with Gasteiger partial charge in [-0.2, -0.15) is 13.2 Å². The van der Waals surface area contributed by atoms with Gasteiger partial charge in [-0.15, -0.1) is 0 Å². The smallest absolute Gasteiger partial charge is 0.422 e. The first-order valence-corrected chi connectivity index (χ1v) is 4.11. The second kappa shape index (κ2) is 4.54. The Morgan fingerprint density at radius 3 is 2.38 bits per heavy atom. The number of aromatic hydroxyl groups is 1. The van der Waals surface area contributed by atoms with Crippen molar-refractivity contribution in [3.63, 3.8) is 0 Å². The highest BCUT2D eigenvalue weighted by atomic mass is 19.4. The Labute approximate surface area is 87.3 Å². The molecular formula is C9H7F5O2. The molecule has 0 radical (unpaired) electrons. The lowest BCUT2D eigenvalue weighted by molar-refractivity contribution is -0.153. The van der Waals surface area contributed by atoms with Crippen LogP contribution < -0.4 is 4.74 Å². The van der Waals surface area contributed by atoms with E-state index in [1.807, 2.05) is 0 Å². The summed E-state index contributed by atoms with van der Waals surface area (Å²) in [4.78, 5) is 0. The highest BCUT2D eigenvalue weighted by molar-refractivity contribution is 5.45. The lowest BCUT2D eigenvalue weighted by atomic mass is 10.2. The fourth-order valence-corrected chi connectivity index (χ4v) is 0.991. The number of hydrogen-bond donors (Lipinski definition) is 1. The van der Waals surface area contributed by atoms with Crippen LogP contribution in [0.15, 0.2) is 18.2 Å². The van der Waals surface area contributed by atoms with Crippen molar-refractivity contribution in [2.45, 2.75) is 12.6 Å². The maximum Gasteiger partial charge on any atom is 0.422 e. The number of ether oxygens (including phenoxy) is 1. The molecule has 0 saturated heterocycles. The molecule has 0 aliphatic heterocycles. The summed E-state index contributed by atoms with van der Waals surface area (Å²) in [6.07, 6.45) is -7.57. The van der Waals surface area contributed by atoms with Crippen LogP contribution >= 0.6 is 0 Å². The van der Waals surface area contributed by atoms with E-state index in [1.54, 1.807) is 0 Å². The number of phenols is 1. The highest BCUT2D eigenvalue weighted by Crippen LogP contribution is 2.36. The van der Waals surface area contributed by atoms with Gasteiger partial charge < -0.3 is 9.84 Å². The minimum atomic E-state index is -4.59. The molecule has 7 heteroatoms. The second-order valence-corrected chi connectivity index (χ2v) is 2.90. The van der Waals surface area contributed by atoms with Crippen molar-refractivity contribution in [3.8, 4) is 11.5 Å². The van der Waals surface area contributed by atoms with E-state index in [-0.39, 0.29) is 0 Å². The Kier molecular flexibility index (Phi) is 3.56. The lowest BCUT2D eigenvalue weighted by Crippen LogP contribution is -2.19. The molecule has 0 fully saturated rings. The molecule has 16 heavy (non-hydrogen) atoms. The molecule has 0 spiro atoms. The van der Waals surface area contributed by atoms with Gasteiger partial charge in [0.15, 0.2) is 18.1 Å². The van der Waals surface area contributed by atoms with Gasteiger partial charge in [-0.05, 0) is 12.1 Å². The van der Waals surface area contributed by atoms with E-state index in [4.69, 9.17) is 0 Å². The van der Waals surface area contributed by atoms with Crippen LogP contribution in [0.1, 0.15) is 12.0 Å². The molecule has 1 rings (SSSR count). The van der Waals surface area contributed by atoms with Crippen molar-refractivity contribution in [1.82, 2.24) is 0 Å². The van der Waals surface area contributed by atoms with E-state index in [1.165, 1.54) is 0 Å². The van der Waals surface area contributed by atoms with E-state index in [0.29, 0.717) is 0 Å². The van der Waals surface area contributed by atoms with Crippen LogP contribution in [0.25, 0.3) is 0 Å². The molecule has 0 amide bonds. The zero-order valence-electron chi connectivity index (χ0n) is 7.76. The molecule has 0 saturated carbocycles. The van der Waals surface area contributed by atoms with E-state index in [0.717, 1.165) is 18.2 Å². The zero-order chi connectivity index (χ0) is 12.3. The lowest BCUT2D eigenvalue weighted by Gasteiger charge is -2.12. The fourth-order valence-electron chi connectivity index (χ4n) is 0.991. The number of phenolic OH excluding ortho intramolecular Hbond substituents is 1. The van der Waals surface area contributed by atoms with Crippen LogP contribution in [0, 0.1) is 0 Å². The molecule has 90 valence electrons. The summed E-state index contributed by atoms with van der Waals surface area (Å²) in [5, 5.41) is 9.18. The molecule has 1 N–H and O–H groups in total. The van der Waals surface area contributed by atoms with Gasteiger partial charge in [0.05, 0.1) is 5.56 Å². The monoisotopic (exact) mass is 242 g/mol. The summed E-state index contributed by atoms with van der Waals surface area (Å²) in [5.74, 6) is -1.59. The molecule has 0 heterocycles. The number of benzene rings is 1. The second-order valence-electron chi connectivity index (χ2n) is 2.90. The third-order valence-corrected chi connectivity index (χ3v) is 1.66. The third-order valence-electron chi connectivity index (χ3n) is 1.66. The first-order valence-electron chi connectivity index (χ1n) is 4.11. The Balaban J connectivity index is 2.85. The maximum atomic E-state index is 12.2. The Hall–Kier alpha value is -1.53. The van der Waals surface area contributed by atoms with Crippen molar-refractivity contribution in [1.29, 1.82) is 0 Å². The van der Waals surface area contributed by atoms with Crippen molar-refractivity contribution in [2.24, 2.45) is 0 Å². The first kappa shape index (κ1) is 12.5. The average Bonchev–Trinajstić information content (AvgIpc) is 2.14. The standard InChI is InChI=1S/C9H7F5O2/c10-8(11)5-2-1-3-6(7(5)15)16-4-9(12,13)14/h1-3,8,15H,4H2. The van der Waals surface area contributed by atoms with Crippen molar-refractivity contribution < 1.29 is 31.8 Å². The predicted octanol–water partition coefficient (Wildman–Crippen LogP) is 3.27. The summed E-state index contributed by atoms with van der Waals surface area (Å²) < 4.78 is 64.0. The number of para-hydroxylation sites is 1. The topological polar surface area (TPSA) is 29.5 Å². The number of hydrogen-bond acceptors (Lipinski definition) is 2. The summed E-state index contributed by atoms with van der Waals surface area (Å²) in [5.41, 5.74) is -0.764. The van der Waals surface area contributed by atoms with Gasteiger partial charge in [0.1, 0.15) is 0 Å². The highest BCUT2D eigenvalue weighted by Gasteiger charge is 2.29. The van der Waals surface area contributed by atoms with E-state index in [2.05, 4.69) is 4.74 Å². The Morgan fingerprint density at radius 2 is 1.88 bits per heavy atom. The van der Waals surface area contributed by atoms with E-state index < -0.39 is 36.3 Å². The molecule has 1 aromatic carbocycles. The molecule has 0 aliphatic rings. The Morgan fingerprint density at radius 1 is 1.25 bits per heavy atom. The first-order chi connectivity index (χ1) is 7.31. The zero-order valence-corrected chi connectivity index (χ0v) is 7.76. The van der Waals surface area contributed by atoms with E-state index in [9.17, 15) is 27.1 Å². The third kappa shape index (κ3) is 3.25. The number of alkyl halides is 5. The molecule has 0 aromatic heterocycles. The molecular weight excluding hydrogens is 235 g/mol. The van der Waals surface area contributed by atoms with Gasteiger partial charge in [-0.1, -0.05) is 6.07 Å². The summed E-state index contributed by atoms with van der Waals surface area (Å²) >= 11 is 0. The molecule has 0 unspecified atom stereocenters. The SMILES string of the molecule is Oc1c(OCC(F)(F)F)cccc1C(F)F. The van der Waals surface area contributed by atoms with Crippen molar-refractivity contribution >= 4 is 0 Å². The van der Waals surface area contributed by atoms with Crippen LogP contribution in [-0.4, -0.2) is 17.9 Å². The van der Waals surface area contributed by atoms with Gasteiger partial charge >= 0.3 is 6.18 Å². The van der Waals surface area contributed by atoms with Crippen LogP contribution in [0.2, 0.25) is 0 Å². The van der Waals surface area contributed by atoms with E-state index >= 15 is 0 Å². The number of rotatable bonds is 3. The fraction of sp³-hybridized carbons (Fsp3) is 0.333. The largest absolute Gasteiger partial charge is 0.504 e. The quantitative estimate of drug-likeness (QED) is 0.824. The summed E-state index contributed by atoms with van der Waals surface area (Å²) in [7, 11) is 0. The molecule has 1 aromatic rings. The van der Waals surface area contributed by atoms with Crippen molar-refractivity contribution in [3.05, 3.63) is 23.8 Å². The summed E-state index contributed by atoms with van der Waals surface area (Å²) in [6.45, 7) is -1.65.